The van der Waals surface area contributed by atoms with Crippen molar-refractivity contribution in [3.63, 3.8) is 0 Å². The predicted molar refractivity (Wildman–Crippen MR) is 90.5 cm³/mol. The first-order valence-electron chi connectivity index (χ1n) is 7.89. The normalized spacial score (nSPS) is 11.0. The molecule has 1 aromatic rings. The summed E-state index contributed by atoms with van der Waals surface area (Å²) in [5.41, 5.74) is 5.88. The second-order valence-electron chi connectivity index (χ2n) is 6.05. The number of carbonyl (C=O) groups excluding carboxylic acids is 2. The standard InChI is InChI=1S/C17H27N3O3/c1-4-23-14-9-6-5-8-13(14)16(22)19-11-7-10-15(21)20-12-17(2,3)18/h5-6,8-9H,4,7,10-12,18H2,1-3H3,(H,19,22)(H,20,21). The third-order valence-corrected chi connectivity index (χ3v) is 3.04. The van der Waals surface area contributed by atoms with Crippen molar-refractivity contribution in [1.29, 1.82) is 0 Å². The molecule has 0 saturated carbocycles. The molecule has 0 bridgehead atoms. The Labute approximate surface area is 137 Å². The first-order valence-corrected chi connectivity index (χ1v) is 7.89. The average molecular weight is 321 g/mol. The fourth-order valence-corrected chi connectivity index (χ4v) is 1.90. The van der Waals surface area contributed by atoms with Crippen molar-refractivity contribution in [3.8, 4) is 5.75 Å². The molecule has 0 unspecified atom stereocenters. The van der Waals surface area contributed by atoms with Crippen molar-refractivity contribution >= 4 is 11.8 Å². The average Bonchev–Trinajstić information content (AvgIpc) is 2.49. The summed E-state index contributed by atoms with van der Waals surface area (Å²) in [6.45, 7) is 6.93. The molecule has 128 valence electrons. The van der Waals surface area contributed by atoms with E-state index in [1.54, 1.807) is 18.2 Å². The Balaban J connectivity index is 2.33. The van der Waals surface area contributed by atoms with Gasteiger partial charge < -0.3 is 21.1 Å². The molecule has 0 saturated heterocycles. The second-order valence-corrected chi connectivity index (χ2v) is 6.05. The number of rotatable bonds is 9. The van der Waals surface area contributed by atoms with Crippen LogP contribution in [0.25, 0.3) is 0 Å². The maximum absolute atomic E-state index is 12.1. The summed E-state index contributed by atoms with van der Waals surface area (Å²) in [5.74, 6) is 0.306. The Hall–Kier alpha value is -2.08. The summed E-state index contributed by atoms with van der Waals surface area (Å²) in [5, 5.41) is 5.57. The van der Waals surface area contributed by atoms with Crippen LogP contribution < -0.4 is 21.1 Å². The molecule has 0 atom stereocenters. The highest BCUT2D eigenvalue weighted by Gasteiger charge is 2.13. The summed E-state index contributed by atoms with van der Waals surface area (Å²) in [6.07, 6.45) is 0.919. The Morgan fingerprint density at radius 2 is 1.91 bits per heavy atom. The van der Waals surface area contributed by atoms with Gasteiger partial charge in [-0.25, -0.2) is 0 Å². The van der Waals surface area contributed by atoms with Crippen LogP contribution >= 0.6 is 0 Å². The van der Waals surface area contributed by atoms with Gasteiger partial charge in [-0.1, -0.05) is 12.1 Å². The first-order chi connectivity index (χ1) is 10.8. The lowest BCUT2D eigenvalue weighted by Gasteiger charge is -2.18. The Kier molecular flexibility index (Phi) is 7.54. The molecule has 0 radical (unpaired) electrons. The number of amides is 2. The highest BCUT2D eigenvalue weighted by molar-refractivity contribution is 5.96. The third-order valence-electron chi connectivity index (χ3n) is 3.04. The number of nitrogens with two attached hydrogens (primary N) is 1. The summed E-state index contributed by atoms with van der Waals surface area (Å²) in [7, 11) is 0. The fourth-order valence-electron chi connectivity index (χ4n) is 1.90. The molecule has 0 aliphatic heterocycles. The van der Waals surface area contributed by atoms with E-state index in [4.69, 9.17) is 10.5 Å². The number of para-hydroxylation sites is 1. The van der Waals surface area contributed by atoms with Crippen LogP contribution in [0.5, 0.6) is 5.75 Å². The van der Waals surface area contributed by atoms with Gasteiger partial charge in [-0.05, 0) is 39.3 Å². The van der Waals surface area contributed by atoms with Gasteiger partial charge >= 0.3 is 0 Å². The fraction of sp³-hybridized carbons (Fsp3) is 0.529. The van der Waals surface area contributed by atoms with E-state index in [1.807, 2.05) is 26.8 Å². The number of benzene rings is 1. The van der Waals surface area contributed by atoms with E-state index in [0.29, 0.717) is 43.9 Å². The Morgan fingerprint density at radius 1 is 1.22 bits per heavy atom. The SMILES string of the molecule is CCOc1ccccc1C(=O)NCCCC(=O)NCC(C)(C)N. The van der Waals surface area contributed by atoms with Gasteiger partial charge in [0.2, 0.25) is 5.91 Å². The third kappa shape index (κ3) is 7.65. The molecule has 6 heteroatoms. The highest BCUT2D eigenvalue weighted by Crippen LogP contribution is 2.17. The number of ether oxygens (including phenoxy) is 1. The number of hydrogen-bond donors (Lipinski definition) is 3. The Bertz CT molecular complexity index is 524. The monoisotopic (exact) mass is 321 g/mol. The molecule has 6 nitrogen and oxygen atoms in total. The topological polar surface area (TPSA) is 93.4 Å². The van der Waals surface area contributed by atoms with E-state index in [0.717, 1.165) is 0 Å². The lowest BCUT2D eigenvalue weighted by molar-refractivity contribution is -0.121. The minimum atomic E-state index is -0.424. The molecular formula is C17H27N3O3. The highest BCUT2D eigenvalue weighted by atomic mass is 16.5. The van der Waals surface area contributed by atoms with E-state index in [-0.39, 0.29) is 11.8 Å². The molecule has 0 heterocycles. The van der Waals surface area contributed by atoms with Crippen LogP contribution in [0.2, 0.25) is 0 Å². The second kappa shape index (κ2) is 9.15. The molecule has 0 aliphatic rings. The zero-order valence-corrected chi connectivity index (χ0v) is 14.1. The first kappa shape index (κ1) is 19.0. The maximum atomic E-state index is 12.1. The molecule has 1 rings (SSSR count). The van der Waals surface area contributed by atoms with Crippen molar-refractivity contribution in [2.45, 2.75) is 39.2 Å². The Morgan fingerprint density at radius 3 is 2.57 bits per heavy atom. The van der Waals surface area contributed by atoms with Crippen LogP contribution in [0.3, 0.4) is 0 Å². The summed E-state index contributed by atoms with van der Waals surface area (Å²) in [4.78, 5) is 23.8. The number of nitrogens with one attached hydrogen (secondary N) is 2. The van der Waals surface area contributed by atoms with Gasteiger partial charge in [0.05, 0.1) is 12.2 Å². The summed E-state index contributed by atoms with van der Waals surface area (Å²) in [6, 6.07) is 7.10. The van der Waals surface area contributed by atoms with Crippen molar-refractivity contribution in [2.24, 2.45) is 5.73 Å². The molecule has 0 fully saturated rings. The molecule has 1 aromatic carbocycles. The largest absolute Gasteiger partial charge is 0.493 e. The van der Waals surface area contributed by atoms with Gasteiger partial charge in [-0.15, -0.1) is 0 Å². The zero-order valence-electron chi connectivity index (χ0n) is 14.1. The van der Waals surface area contributed by atoms with Gasteiger partial charge in [-0.3, -0.25) is 9.59 Å². The van der Waals surface area contributed by atoms with E-state index >= 15 is 0 Å². The molecule has 23 heavy (non-hydrogen) atoms. The predicted octanol–water partition coefficient (Wildman–Crippen LogP) is 1.45. The lowest BCUT2D eigenvalue weighted by Crippen LogP contribution is -2.45. The molecule has 2 amide bonds. The molecule has 0 aromatic heterocycles. The van der Waals surface area contributed by atoms with Crippen LogP contribution in [0.15, 0.2) is 24.3 Å². The van der Waals surface area contributed by atoms with E-state index in [1.165, 1.54) is 0 Å². The van der Waals surface area contributed by atoms with Crippen LogP contribution in [0.1, 0.15) is 44.0 Å². The quantitative estimate of drug-likeness (QED) is 0.600. The van der Waals surface area contributed by atoms with Crippen molar-refractivity contribution in [2.75, 3.05) is 19.7 Å². The smallest absolute Gasteiger partial charge is 0.255 e. The molecule has 0 aliphatic carbocycles. The van der Waals surface area contributed by atoms with Gasteiger partial charge in [-0.2, -0.15) is 0 Å². The lowest BCUT2D eigenvalue weighted by atomic mass is 10.1. The number of carbonyl (C=O) groups is 2. The van der Waals surface area contributed by atoms with Gasteiger partial charge in [0, 0.05) is 25.0 Å². The van der Waals surface area contributed by atoms with Crippen molar-refractivity contribution in [1.82, 2.24) is 10.6 Å². The van der Waals surface area contributed by atoms with Crippen molar-refractivity contribution < 1.29 is 14.3 Å². The molecule has 0 spiro atoms. The summed E-state index contributed by atoms with van der Waals surface area (Å²) < 4.78 is 5.43. The van der Waals surface area contributed by atoms with Gasteiger partial charge in [0.15, 0.2) is 0 Å². The van der Waals surface area contributed by atoms with Gasteiger partial charge in [0.25, 0.3) is 5.91 Å². The van der Waals surface area contributed by atoms with E-state index in [9.17, 15) is 9.59 Å². The molecular weight excluding hydrogens is 294 g/mol. The minimum Gasteiger partial charge on any atom is -0.493 e. The summed E-state index contributed by atoms with van der Waals surface area (Å²) >= 11 is 0. The van der Waals surface area contributed by atoms with Crippen LogP contribution in [0.4, 0.5) is 0 Å². The van der Waals surface area contributed by atoms with E-state index < -0.39 is 5.54 Å². The van der Waals surface area contributed by atoms with Gasteiger partial charge in [0.1, 0.15) is 5.75 Å². The zero-order chi connectivity index (χ0) is 17.3. The van der Waals surface area contributed by atoms with Crippen LogP contribution in [-0.2, 0) is 4.79 Å². The van der Waals surface area contributed by atoms with Crippen molar-refractivity contribution in [3.05, 3.63) is 29.8 Å². The van der Waals surface area contributed by atoms with Crippen LogP contribution in [0, 0.1) is 0 Å². The number of hydrogen-bond acceptors (Lipinski definition) is 4. The van der Waals surface area contributed by atoms with Crippen LogP contribution in [-0.4, -0.2) is 37.0 Å². The van der Waals surface area contributed by atoms with E-state index in [2.05, 4.69) is 10.6 Å². The molecule has 4 N–H and O–H groups in total. The minimum absolute atomic E-state index is 0.0625. The maximum Gasteiger partial charge on any atom is 0.255 e.